The van der Waals surface area contributed by atoms with Gasteiger partial charge < -0.3 is 4.79 Å². The summed E-state index contributed by atoms with van der Waals surface area (Å²) in [4.78, 5) is 22.2. The van der Waals surface area contributed by atoms with Gasteiger partial charge >= 0.3 is 0 Å². The number of hydrogen-bond donors (Lipinski definition) is 0. The lowest BCUT2D eigenvalue weighted by atomic mass is 9.49. The fraction of sp³-hybridized carbons (Fsp3) is 0.680. The molecule has 0 N–H and O–H groups in total. The average molecular weight is 371 g/mol. The Morgan fingerprint density at radius 1 is 1.15 bits per heavy atom. The second kappa shape index (κ2) is 8.29. The molecule has 0 aliphatic heterocycles. The van der Waals surface area contributed by atoms with Gasteiger partial charge in [0.1, 0.15) is 11.6 Å². The van der Waals surface area contributed by atoms with Gasteiger partial charge in [-0.15, -0.1) is 0 Å². The van der Waals surface area contributed by atoms with E-state index in [-0.39, 0.29) is 16.6 Å². The standard InChI is InChI=1S/C21H30O.C4H8O/c1-14(2)16-7-9-18-17(13-16)8-10-19-20(4,15(3)22)11-6-12-21(18,19)5;1-3-4(2)5/h7,9,13-14,19H,6,8,10-12H2,1-5H3;3H2,1-2H3. The zero-order valence-electron chi connectivity index (χ0n) is 18.4. The highest BCUT2D eigenvalue weighted by Crippen LogP contribution is 2.57. The third-order valence-corrected chi connectivity index (χ3v) is 7.35. The number of rotatable bonds is 3. The third-order valence-electron chi connectivity index (χ3n) is 7.35. The van der Waals surface area contributed by atoms with E-state index in [1.807, 2.05) is 13.8 Å². The molecule has 0 spiro atoms. The van der Waals surface area contributed by atoms with E-state index in [1.165, 1.54) is 36.0 Å². The lowest BCUT2D eigenvalue weighted by Crippen LogP contribution is -2.51. The SMILES string of the molecule is CC(=O)C1(C)CCCC2(C)c3ccc(C(C)C)cc3CCC12.CCC(C)=O. The molecular formula is C25H38O2. The van der Waals surface area contributed by atoms with Crippen molar-refractivity contribution in [2.45, 2.75) is 98.3 Å². The zero-order chi connectivity index (χ0) is 20.4. The summed E-state index contributed by atoms with van der Waals surface area (Å²) < 4.78 is 0. The lowest BCUT2D eigenvalue weighted by molar-refractivity contribution is -0.134. The summed E-state index contributed by atoms with van der Waals surface area (Å²) in [6, 6.07) is 7.13. The van der Waals surface area contributed by atoms with Crippen LogP contribution < -0.4 is 0 Å². The quantitative estimate of drug-likeness (QED) is 0.617. The summed E-state index contributed by atoms with van der Waals surface area (Å²) in [6.45, 7) is 14.4. The molecule has 1 fully saturated rings. The molecule has 3 unspecified atom stereocenters. The van der Waals surface area contributed by atoms with Crippen LogP contribution in [0, 0.1) is 11.3 Å². The van der Waals surface area contributed by atoms with Crippen LogP contribution in [-0.2, 0) is 21.4 Å². The van der Waals surface area contributed by atoms with Gasteiger partial charge in [-0.05, 0) is 73.5 Å². The molecule has 2 aliphatic carbocycles. The zero-order valence-corrected chi connectivity index (χ0v) is 18.4. The van der Waals surface area contributed by atoms with Crippen molar-refractivity contribution in [2.24, 2.45) is 11.3 Å². The fourth-order valence-electron chi connectivity index (χ4n) is 5.29. The van der Waals surface area contributed by atoms with Crippen LogP contribution in [0.25, 0.3) is 0 Å². The normalized spacial score (nSPS) is 29.3. The van der Waals surface area contributed by atoms with E-state index in [9.17, 15) is 9.59 Å². The molecule has 1 saturated carbocycles. The van der Waals surface area contributed by atoms with E-state index in [1.54, 1.807) is 6.92 Å². The van der Waals surface area contributed by atoms with Crippen molar-refractivity contribution < 1.29 is 9.59 Å². The van der Waals surface area contributed by atoms with Crippen molar-refractivity contribution in [2.75, 3.05) is 0 Å². The second-order valence-corrected chi connectivity index (χ2v) is 9.46. The highest BCUT2D eigenvalue weighted by Gasteiger charge is 2.53. The molecule has 0 heterocycles. The first-order chi connectivity index (χ1) is 12.6. The van der Waals surface area contributed by atoms with Gasteiger partial charge in [-0.25, -0.2) is 0 Å². The van der Waals surface area contributed by atoms with Gasteiger partial charge in [-0.2, -0.15) is 0 Å². The van der Waals surface area contributed by atoms with Crippen LogP contribution in [-0.4, -0.2) is 11.6 Å². The van der Waals surface area contributed by atoms with Gasteiger partial charge in [0.05, 0.1) is 0 Å². The first-order valence-electron chi connectivity index (χ1n) is 10.7. The monoisotopic (exact) mass is 370 g/mol. The van der Waals surface area contributed by atoms with Crippen molar-refractivity contribution in [3.8, 4) is 0 Å². The number of benzene rings is 1. The summed E-state index contributed by atoms with van der Waals surface area (Å²) in [5.41, 5.74) is 4.58. The molecule has 2 heteroatoms. The molecule has 0 bridgehead atoms. The predicted molar refractivity (Wildman–Crippen MR) is 113 cm³/mol. The van der Waals surface area contributed by atoms with Gasteiger partial charge in [-0.1, -0.05) is 59.2 Å². The number of ketones is 2. The van der Waals surface area contributed by atoms with Crippen LogP contribution in [0.5, 0.6) is 0 Å². The molecule has 3 rings (SSSR count). The second-order valence-electron chi connectivity index (χ2n) is 9.46. The minimum atomic E-state index is -0.124. The summed E-state index contributed by atoms with van der Waals surface area (Å²) >= 11 is 0. The Labute approximate surface area is 166 Å². The molecule has 3 atom stereocenters. The van der Waals surface area contributed by atoms with E-state index in [4.69, 9.17) is 0 Å². The topological polar surface area (TPSA) is 34.1 Å². The molecule has 27 heavy (non-hydrogen) atoms. The summed E-state index contributed by atoms with van der Waals surface area (Å²) in [5, 5.41) is 0. The highest BCUT2D eigenvalue weighted by atomic mass is 16.1. The van der Waals surface area contributed by atoms with Crippen LogP contribution >= 0.6 is 0 Å². The maximum absolute atomic E-state index is 12.4. The molecule has 0 aromatic heterocycles. The minimum Gasteiger partial charge on any atom is -0.300 e. The van der Waals surface area contributed by atoms with Gasteiger partial charge in [-0.3, -0.25) is 4.79 Å². The van der Waals surface area contributed by atoms with Crippen molar-refractivity contribution >= 4 is 11.6 Å². The van der Waals surface area contributed by atoms with Crippen molar-refractivity contribution in [1.82, 2.24) is 0 Å². The number of carbonyl (C=O) groups excluding carboxylic acids is 2. The Bertz CT molecular complexity index is 702. The Morgan fingerprint density at radius 2 is 1.78 bits per heavy atom. The molecule has 0 radical (unpaired) electrons. The van der Waals surface area contributed by atoms with E-state index >= 15 is 0 Å². The molecule has 0 amide bonds. The predicted octanol–water partition coefficient (Wildman–Crippen LogP) is 6.39. The van der Waals surface area contributed by atoms with Crippen molar-refractivity contribution in [3.05, 3.63) is 34.9 Å². The Morgan fingerprint density at radius 3 is 2.30 bits per heavy atom. The summed E-state index contributed by atoms with van der Waals surface area (Å²) in [7, 11) is 0. The van der Waals surface area contributed by atoms with Crippen LogP contribution in [0.1, 0.15) is 103 Å². The maximum Gasteiger partial charge on any atom is 0.135 e. The van der Waals surface area contributed by atoms with Gasteiger partial charge in [0.2, 0.25) is 0 Å². The van der Waals surface area contributed by atoms with Crippen molar-refractivity contribution in [3.63, 3.8) is 0 Å². The van der Waals surface area contributed by atoms with Crippen LogP contribution in [0.2, 0.25) is 0 Å². The lowest BCUT2D eigenvalue weighted by Gasteiger charge is -2.54. The Hall–Kier alpha value is -1.44. The maximum atomic E-state index is 12.4. The molecule has 2 aliphatic rings. The molecule has 1 aromatic rings. The number of fused-ring (bicyclic) bond motifs is 3. The molecule has 2 nitrogen and oxygen atoms in total. The minimum absolute atomic E-state index is 0.124. The highest BCUT2D eigenvalue weighted by molar-refractivity contribution is 5.83. The summed E-state index contributed by atoms with van der Waals surface area (Å²) in [6.07, 6.45) is 6.45. The van der Waals surface area contributed by atoms with Gasteiger partial charge in [0.15, 0.2) is 0 Å². The van der Waals surface area contributed by atoms with Crippen molar-refractivity contribution in [1.29, 1.82) is 0 Å². The molecule has 0 saturated heterocycles. The third kappa shape index (κ3) is 4.20. The average Bonchev–Trinajstić information content (AvgIpc) is 2.61. The number of carbonyl (C=O) groups is 2. The first kappa shape index (κ1) is 21.9. The largest absolute Gasteiger partial charge is 0.300 e. The van der Waals surface area contributed by atoms with Crippen LogP contribution in [0.4, 0.5) is 0 Å². The van der Waals surface area contributed by atoms with E-state index in [0.717, 1.165) is 12.8 Å². The number of hydrogen-bond acceptors (Lipinski definition) is 2. The van der Waals surface area contributed by atoms with Crippen LogP contribution in [0.3, 0.4) is 0 Å². The molecule has 1 aromatic carbocycles. The molecule has 150 valence electrons. The number of aryl methyl sites for hydroxylation is 1. The van der Waals surface area contributed by atoms with Gasteiger partial charge in [0.25, 0.3) is 0 Å². The van der Waals surface area contributed by atoms with Gasteiger partial charge in [0, 0.05) is 11.8 Å². The van der Waals surface area contributed by atoms with E-state index in [0.29, 0.717) is 24.0 Å². The van der Waals surface area contributed by atoms with E-state index < -0.39 is 0 Å². The summed E-state index contributed by atoms with van der Waals surface area (Å²) in [5.74, 6) is 1.74. The Balaban J connectivity index is 0.000000465. The fourth-order valence-corrected chi connectivity index (χ4v) is 5.29. The number of Topliss-reactive ketones (excluding diaryl/α,β-unsaturated/α-hetero) is 2. The molecular weight excluding hydrogens is 332 g/mol. The van der Waals surface area contributed by atoms with E-state index in [2.05, 4.69) is 45.9 Å². The van der Waals surface area contributed by atoms with Crippen LogP contribution in [0.15, 0.2) is 18.2 Å². The Kier molecular flexibility index (Phi) is 6.71. The first-order valence-corrected chi connectivity index (χ1v) is 10.7. The smallest absolute Gasteiger partial charge is 0.135 e.